The SMILES string of the molecule is CC(C)(C)c1cc(-c2ccccc2C(=O)O)c(-c2ccccc2C(=O)O)c(C(C)(C)C)c1. The molecule has 3 rings (SSSR count). The van der Waals surface area contributed by atoms with Gasteiger partial charge in [-0.2, -0.15) is 0 Å². The maximum Gasteiger partial charge on any atom is 0.336 e. The second-order valence-corrected chi connectivity index (χ2v) is 10.1. The normalized spacial score (nSPS) is 11.9. The van der Waals surface area contributed by atoms with Crippen LogP contribution in [0.25, 0.3) is 22.3 Å². The van der Waals surface area contributed by atoms with E-state index in [1.54, 1.807) is 36.4 Å². The van der Waals surface area contributed by atoms with E-state index in [-0.39, 0.29) is 22.0 Å². The van der Waals surface area contributed by atoms with Gasteiger partial charge < -0.3 is 10.2 Å². The molecule has 0 saturated carbocycles. The third-order valence-electron chi connectivity index (χ3n) is 5.69. The van der Waals surface area contributed by atoms with E-state index in [4.69, 9.17) is 0 Å². The minimum Gasteiger partial charge on any atom is -0.478 e. The second kappa shape index (κ2) is 8.27. The van der Waals surface area contributed by atoms with E-state index >= 15 is 0 Å². The first-order valence-electron chi connectivity index (χ1n) is 10.7. The molecular weight excluding hydrogens is 400 g/mol. The Hall–Kier alpha value is -3.40. The first-order chi connectivity index (χ1) is 14.8. The Bertz CT molecular complexity index is 1190. The summed E-state index contributed by atoms with van der Waals surface area (Å²) in [6.07, 6.45) is 0. The van der Waals surface area contributed by atoms with Crippen LogP contribution in [0.15, 0.2) is 60.7 Å². The molecule has 4 heteroatoms. The predicted octanol–water partition coefficient (Wildman–Crippen LogP) is 7.01. The maximum atomic E-state index is 12.1. The van der Waals surface area contributed by atoms with E-state index in [1.807, 2.05) is 18.2 Å². The second-order valence-electron chi connectivity index (χ2n) is 10.1. The van der Waals surface area contributed by atoms with Crippen LogP contribution in [0.2, 0.25) is 0 Å². The van der Waals surface area contributed by atoms with Gasteiger partial charge in [-0.25, -0.2) is 9.59 Å². The van der Waals surface area contributed by atoms with Crippen molar-refractivity contribution in [1.82, 2.24) is 0 Å². The van der Waals surface area contributed by atoms with Crippen LogP contribution >= 0.6 is 0 Å². The quantitative estimate of drug-likeness (QED) is 0.467. The van der Waals surface area contributed by atoms with Crippen LogP contribution in [0.5, 0.6) is 0 Å². The summed E-state index contributed by atoms with van der Waals surface area (Å²) in [7, 11) is 0. The molecule has 0 fully saturated rings. The van der Waals surface area contributed by atoms with Crippen LogP contribution in [0, 0.1) is 0 Å². The van der Waals surface area contributed by atoms with Gasteiger partial charge in [-0.3, -0.25) is 0 Å². The Kier molecular flexibility index (Phi) is 6.01. The first-order valence-corrected chi connectivity index (χ1v) is 10.7. The molecule has 0 spiro atoms. The largest absolute Gasteiger partial charge is 0.478 e. The van der Waals surface area contributed by atoms with E-state index in [0.29, 0.717) is 11.1 Å². The maximum absolute atomic E-state index is 12.1. The molecule has 0 aliphatic rings. The fourth-order valence-corrected chi connectivity index (χ4v) is 3.96. The Labute approximate surface area is 189 Å². The van der Waals surface area contributed by atoms with Crippen LogP contribution in [0.3, 0.4) is 0 Å². The summed E-state index contributed by atoms with van der Waals surface area (Å²) in [4.78, 5) is 24.2. The van der Waals surface area contributed by atoms with Gasteiger partial charge in [-0.15, -0.1) is 0 Å². The third-order valence-corrected chi connectivity index (χ3v) is 5.69. The molecule has 0 heterocycles. The van der Waals surface area contributed by atoms with Crippen molar-refractivity contribution >= 4 is 11.9 Å². The van der Waals surface area contributed by atoms with Gasteiger partial charge in [0.1, 0.15) is 0 Å². The highest BCUT2D eigenvalue weighted by molar-refractivity contribution is 6.03. The number of hydrogen-bond acceptors (Lipinski definition) is 2. The van der Waals surface area contributed by atoms with Crippen molar-refractivity contribution in [2.45, 2.75) is 52.4 Å². The van der Waals surface area contributed by atoms with Crippen molar-refractivity contribution in [3.63, 3.8) is 0 Å². The van der Waals surface area contributed by atoms with Crippen molar-refractivity contribution in [2.75, 3.05) is 0 Å². The minimum atomic E-state index is -1.02. The highest BCUT2D eigenvalue weighted by Crippen LogP contribution is 2.45. The highest BCUT2D eigenvalue weighted by Gasteiger charge is 2.29. The highest BCUT2D eigenvalue weighted by atomic mass is 16.4. The summed E-state index contributed by atoms with van der Waals surface area (Å²) < 4.78 is 0. The molecular formula is C28H30O4. The topological polar surface area (TPSA) is 74.6 Å². The predicted molar refractivity (Wildman–Crippen MR) is 129 cm³/mol. The molecule has 0 saturated heterocycles. The van der Waals surface area contributed by atoms with Crippen LogP contribution < -0.4 is 0 Å². The summed E-state index contributed by atoms with van der Waals surface area (Å²) in [5.74, 6) is -2.03. The lowest BCUT2D eigenvalue weighted by Crippen LogP contribution is -2.19. The van der Waals surface area contributed by atoms with Crippen molar-refractivity contribution in [1.29, 1.82) is 0 Å². The molecule has 0 atom stereocenters. The van der Waals surface area contributed by atoms with E-state index in [2.05, 4.69) is 47.6 Å². The molecule has 0 aromatic heterocycles. The van der Waals surface area contributed by atoms with Crippen molar-refractivity contribution in [3.05, 3.63) is 82.9 Å². The molecule has 4 nitrogen and oxygen atoms in total. The summed E-state index contributed by atoms with van der Waals surface area (Å²) in [5, 5.41) is 19.8. The first kappa shape index (κ1) is 23.3. The summed E-state index contributed by atoms with van der Waals surface area (Å²) in [6.45, 7) is 12.6. The molecule has 0 amide bonds. The lowest BCUT2D eigenvalue weighted by atomic mass is 9.73. The summed E-state index contributed by atoms with van der Waals surface area (Å²) >= 11 is 0. The van der Waals surface area contributed by atoms with Gasteiger partial charge in [0.05, 0.1) is 11.1 Å². The lowest BCUT2D eigenvalue weighted by molar-refractivity contribution is 0.0686. The van der Waals surface area contributed by atoms with Gasteiger partial charge in [0.2, 0.25) is 0 Å². The number of rotatable bonds is 4. The molecule has 0 aliphatic heterocycles. The van der Waals surface area contributed by atoms with Gasteiger partial charge in [0, 0.05) is 0 Å². The monoisotopic (exact) mass is 430 g/mol. The van der Waals surface area contributed by atoms with Crippen LogP contribution in [0.1, 0.15) is 73.4 Å². The van der Waals surface area contributed by atoms with Crippen LogP contribution in [-0.4, -0.2) is 22.2 Å². The zero-order chi connectivity index (χ0) is 23.8. The molecule has 2 N–H and O–H groups in total. The van der Waals surface area contributed by atoms with Gasteiger partial charge in [0.15, 0.2) is 0 Å². The third kappa shape index (κ3) is 4.45. The minimum absolute atomic E-state index is 0.183. The molecule has 3 aromatic carbocycles. The molecule has 32 heavy (non-hydrogen) atoms. The van der Waals surface area contributed by atoms with Gasteiger partial charge >= 0.3 is 11.9 Å². The Morgan fingerprint density at radius 1 is 0.625 bits per heavy atom. The number of hydrogen-bond donors (Lipinski definition) is 2. The van der Waals surface area contributed by atoms with E-state index in [0.717, 1.165) is 22.3 Å². The Morgan fingerprint density at radius 2 is 1.09 bits per heavy atom. The fraction of sp³-hybridized carbons (Fsp3) is 0.286. The van der Waals surface area contributed by atoms with Gasteiger partial charge in [-0.05, 0) is 62.4 Å². The molecule has 0 bridgehead atoms. The zero-order valence-electron chi connectivity index (χ0n) is 19.5. The molecule has 0 unspecified atom stereocenters. The van der Waals surface area contributed by atoms with Crippen molar-refractivity contribution in [3.8, 4) is 22.3 Å². The molecule has 3 aromatic rings. The summed E-state index contributed by atoms with van der Waals surface area (Å²) in [6, 6.07) is 18.0. The Balaban J connectivity index is 2.59. The van der Waals surface area contributed by atoms with Crippen LogP contribution in [0.4, 0.5) is 0 Å². The van der Waals surface area contributed by atoms with Crippen LogP contribution in [-0.2, 0) is 10.8 Å². The number of carbonyl (C=O) groups is 2. The van der Waals surface area contributed by atoms with Crippen molar-refractivity contribution < 1.29 is 19.8 Å². The zero-order valence-corrected chi connectivity index (χ0v) is 19.5. The summed E-state index contributed by atoms with van der Waals surface area (Å²) in [5.41, 5.74) is 4.58. The Morgan fingerprint density at radius 3 is 1.56 bits per heavy atom. The fourth-order valence-electron chi connectivity index (χ4n) is 3.96. The van der Waals surface area contributed by atoms with E-state index < -0.39 is 11.9 Å². The number of carboxylic acid groups (broad SMARTS) is 2. The molecule has 0 aliphatic carbocycles. The number of carboxylic acids is 2. The lowest BCUT2D eigenvalue weighted by Gasteiger charge is -2.30. The molecule has 0 radical (unpaired) electrons. The van der Waals surface area contributed by atoms with Gasteiger partial charge in [0.25, 0.3) is 0 Å². The van der Waals surface area contributed by atoms with E-state index in [9.17, 15) is 19.8 Å². The number of aromatic carboxylic acids is 2. The smallest absolute Gasteiger partial charge is 0.336 e. The number of benzene rings is 3. The average Bonchev–Trinajstić information content (AvgIpc) is 2.71. The van der Waals surface area contributed by atoms with Gasteiger partial charge in [-0.1, -0.05) is 84.0 Å². The molecule has 166 valence electrons. The standard InChI is InChI=1S/C28H30O4/c1-27(2,3)17-15-22(18-11-7-9-13-20(18)25(29)30)24(23(16-17)28(4,5)6)19-12-8-10-14-21(19)26(31)32/h7-16H,1-6H3,(H,29,30)(H,31,32). The average molecular weight is 431 g/mol. The van der Waals surface area contributed by atoms with E-state index in [1.165, 1.54) is 0 Å². The van der Waals surface area contributed by atoms with Crippen molar-refractivity contribution in [2.24, 2.45) is 0 Å².